The maximum atomic E-state index is 12.5. The van der Waals surface area contributed by atoms with E-state index in [-0.39, 0.29) is 5.78 Å². The first-order valence-corrected chi connectivity index (χ1v) is 6.95. The Balaban J connectivity index is 1.81. The summed E-state index contributed by atoms with van der Waals surface area (Å²) >= 11 is 0. The van der Waals surface area contributed by atoms with E-state index >= 15 is 0 Å². The first kappa shape index (κ1) is 13.3. The zero-order valence-corrected chi connectivity index (χ0v) is 11.6. The summed E-state index contributed by atoms with van der Waals surface area (Å²) in [5, 5.41) is 0.914. The number of aromatic nitrogens is 1. The van der Waals surface area contributed by atoms with Gasteiger partial charge in [0, 0.05) is 29.3 Å². The molecule has 0 aliphatic carbocycles. The summed E-state index contributed by atoms with van der Waals surface area (Å²) in [6.07, 6.45) is 2.90. The number of carbonyl (C=O) groups excluding carboxylic acids is 1. The molecule has 0 atom stereocenters. The SMILES string of the molecule is Nc1cccc(CCC(=O)c2cccc3ncccc23)c1. The fraction of sp³-hybridized carbons (Fsp3) is 0.111. The molecule has 2 N–H and O–H groups in total. The number of carbonyl (C=O) groups is 1. The molecule has 0 unspecified atom stereocenters. The lowest BCUT2D eigenvalue weighted by Crippen LogP contribution is -2.02. The van der Waals surface area contributed by atoms with Gasteiger partial charge < -0.3 is 5.73 Å². The number of nitrogens with two attached hydrogens (primary N) is 1. The number of rotatable bonds is 4. The molecule has 3 nitrogen and oxygen atoms in total. The van der Waals surface area contributed by atoms with Crippen molar-refractivity contribution >= 4 is 22.4 Å². The number of hydrogen-bond donors (Lipinski definition) is 1. The predicted molar refractivity (Wildman–Crippen MR) is 85.2 cm³/mol. The first-order chi connectivity index (χ1) is 10.2. The number of nitrogens with zero attached hydrogens (tertiary/aromatic N) is 1. The third-order valence-electron chi connectivity index (χ3n) is 3.54. The van der Waals surface area contributed by atoms with E-state index < -0.39 is 0 Å². The molecule has 3 heteroatoms. The van der Waals surface area contributed by atoms with Crippen molar-refractivity contribution in [1.82, 2.24) is 4.98 Å². The summed E-state index contributed by atoms with van der Waals surface area (Å²) in [6.45, 7) is 0. The monoisotopic (exact) mass is 276 g/mol. The number of aryl methyl sites for hydroxylation is 1. The van der Waals surface area contributed by atoms with E-state index in [0.29, 0.717) is 12.8 Å². The van der Waals surface area contributed by atoms with E-state index in [0.717, 1.165) is 27.7 Å². The molecular formula is C18H16N2O. The van der Waals surface area contributed by atoms with Gasteiger partial charge in [-0.25, -0.2) is 0 Å². The van der Waals surface area contributed by atoms with Gasteiger partial charge in [0.15, 0.2) is 5.78 Å². The van der Waals surface area contributed by atoms with Crippen molar-refractivity contribution in [2.75, 3.05) is 5.73 Å². The molecule has 0 spiro atoms. The summed E-state index contributed by atoms with van der Waals surface area (Å²) in [5.41, 5.74) is 9.17. The summed E-state index contributed by atoms with van der Waals surface area (Å²) in [5.74, 6) is 0.135. The van der Waals surface area contributed by atoms with Gasteiger partial charge in [0.05, 0.1) is 5.52 Å². The summed E-state index contributed by atoms with van der Waals surface area (Å²) < 4.78 is 0. The minimum Gasteiger partial charge on any atom is -0.399 e. The molecule has 3 rings (SSSR count). The third kappa shape index (κ3) is 2.92. The third-order valence-corrected chi connectivity index (χ3v) is 3.54. The molecule has 21 heavy (non-hydrogen) atoms. The lowest BCUT2D eigenvalue weighted by molar-refractivity contribution is 0.0984. The summed E-state index contributed by atoms with van der Waals surface area (Å²) in [6, 6.07) is 17.1. The maximum absolute atomic E-state index is 12.5. The zero-order chi connectivity index (χ0) is 14.7. The number of Topliss-reactive ketones (excluding diaryl/α,β-unsaturated/α-hetero) is 1. The topological polar surface area (TPSA) is 56.0 Å². The Hall–Kier alpha value is -2.68. The van der Waals surface area contributed by atoms with Crippen LogP contribution >= 0.6 is 0 Å². The van der Waals surface area contributed by atoms with E-state index in [9.17, 15) is 4.79 Å². The lowest BCUT2D eigenvalue weighted by Gasteiger charge is -2.06. The van der Waals surface area contributed by atoms with Crippen LogP contribution in [-0.2, 0) is 6.42 Å². The van der Waals surface area contributed by atoms with Crippen LogP contribution in [0.25, 0.3) is 10.9 Å². The standard InChI is InChI=1S/C18H16N2O/c19-14-5-1-4-13(12-14)9-10-18(21)16-6-2-8-17-15(16)7-3-11-20-17/h1-8,11-12H,9-10,19H2. The highest BCUT2D eigenvalue weighted by atomic mass is 16.1. The van der Waals surface area contributed by atoms with Gasteiger partial charge in [0.2, 0.25) is 0 Å². The molecule has 2 aromatic carbocycles. The smallest absolute Gasteiger partial charge is 0.163 e. The van der Waals surface area contributed by atoms with Gasteiger partial charge in [0.1, 0.15) is 0 Å². The zero-order valence-electron chi connectivity index (χ0n) is 11.6. The fourth-order valence-corrected chi connectivity index (χ4v) is 2.49. The predicted octanol–water partition coefficient (Wildman–Crippen LogP) is 3.63. The molecule has 3 aromatic rings. The highest BCUT2D eigenvalue weighted by Crippen LogP contribution is 2.19. The van der Waals surface area contributed by atoms with Gasteiger partial charge >= 0.3 is 0 Å². The van der Waals surface area contributed by atoms with Crippen molar-refractivity contribution < 1.29 is 4.79 Å². The Bertz CT molecular complexity index is 791. The Morgan fingerprint density at radius 1 is 1.05 bits per heavy atom. The second kappa shape index (κ2) is 5.75. The molecule has 104 valence electrons. The number of hydrogen-bond acceptors (Lipinski definition) is 3. The van der Waals surface area contributed by atoms with E-state index in [1.807, 2.05) is 54.6 Å². The van der Waals surface area contributed by atoms with Gasteiger partial charge in [-0.05, 0) is 36.2 Å². The Morgan fingerprint density at radius 2 is 1.90 bits per heavy atom. The van der Waals surface area contributed by atoms with Crippen LogP contribution < -0.4 is 5.73 Å². The van der Waals surface area contributed by atoms with Crippen LogP contribution in [0.1, 0.15) is 22.3 Å². The van der Waals surface area contributed by atoms with Gasteiger partial charge in [0.25, 0.3) is 0 Å². The molecule has 0 saturated heterocycles. The largest absolute Gasteiger partial charge is 0.399 e. The van der Waals surface area contributed by atoms with Crippen molar-refractivity contribution in [2.24, 2.45) is 0 Å². The van der Waals surface area contributed by atoms with Crippen LogP contribution in [0.3, 0.4) is 0 Å². The van der Waals surface area contributed by atoms with Crippen molar-refractivity contribution in [3.63, 3.8) is 0 Å². The van der Waals surface area contributed by atoms with Crippen molar-refractivity contribution in [1.29, 1.82) is 0 Å². The average Bonchev–Trinajstić information content (AvgIpc) is 2.52. The summed E-state index contributed by atoms with van der Waals surface area (Å²) in [7, 11) is 0. The number of ketones is 1. The molecule has 0 saturated carbocycles. The van der Waals surface area contributed by atoms with E-state index in [2.05, 4.69) is 4.98 Å². The first-order valence-electron chi connectivity index (χ1n) is 6.95. The number of benzene rings is 2. The van der Waals surface area contributed by atoms with E-state index in [1.165, 1.54) is 0 Å². The van der Waals surface area contributed by atoms with Crippen molar-refractivity contribution in [3.05, 3.63) is 71.9 Å². The highest BCUT2D eigenvalue weighted by molar-refractivity contribution is 6.07. The molecule has 1 heterocycles. The van der Waals surface area contributed by atoms with E-state index in [1.54, 1.807) is 6.20 Å². The van der Waals surface area contributed by atoms with Crippen LogP contribution in [0.5, 0.6) is 0 Å². The van der Waals surface area contributed by atoms with Gasteiger partial charge in [-0.3, -0.25) is 9.78 Å². The minimum atomic E-state index is 0.135. The fourth-order valence-electron chi connectivity index (χ4n) is 2.49. The summed E-state index contributed by atoms with van der Waals surface area (Å²) in [4.78, 5) is 16.7. The second-order valence-electron chi connectivity index (χ2n) is 5.04. The number of pyridine rings is 1. The molecule has 1 aromatic heterocycles. The number of anilines is 1. The second-order valence-corrected chi connectivity index (χ2v) is 5.04. The van der Waals surface area contributed by atoms with Crippen LogP contribution in [0.15, 0.2) is 60.8 Å². The molecule has 0 bridgehead atoms. The quantitative estimate of drug-likeness (QED) is 0.584. The van der Waals surface area contributed by atoms with Crippen LogP contribution in [0.2, 0.25) is 0 Å². The van der Waals surface area contributed by atoms with Crippen LogP contribution in [0.4, 0.5) is 5.69 Å². The Morgan fingerprint density at radius 3 is 2.76 bits per heavy atom. The van der Waals surface area contributed by atoms with Gasteiger partial charge in [-0.2, -0.15) is 0 Å². The average molecular weight is 276 g/mol. The number of nitrogen functional groups attached to an aromatic ring is 1. The number of fused-ring (bicyclic) bond motifs is 1. The van der Waals surface area contributed by atoms with E-state index in [4.69, 9.17) is 5.73 Å². The maximum Gasteiger partial charge on any atom is 0.163 e. The Kier molecular flexibility index (Phi) is 3.65. The Labute approximate surface area is 123 Å². The molecule has 0 aliphatic heterocycles. The molecular weight excluding hydrogens is 260 g/mol. The highest BCUT2D eigenvalue weighted by Gasteiger charge is 2.10. The van der Waals surface area contributed by atoms with Crippen LogP contribution in [0, 0.1) is 0 Å². The molecule has 0 radical (unpaired) electrons. The molecule has 0 fully saturated rings. The minimum absolute atomic E-state index is 0.135. The van der Waals surface area contributed by atoms with Crippen molar-refractivity contribution in [2.45, 2.75) is 12.8 Å². The van der Waals surface area contributed by atoms with Crippen molar-refractivity contribution in [3.8, 4) is 0 Å². The molecule has 0 amide bonds. The molecule has 0 aliphatic rings. The van der Waals surface area contributed by atoms with Crippen LogP contribution in [-0.4, -0.2) is 10.8 Å². The normalized spacial score (nSPS) is 10.7. The van der Waals surface area contributed by atoms with Gasteiger partial charge in [-0.15, -0.1) is 0 Å². The van der Waals surface area contributed by atoms with Gasteiger partial charge in [-0.1, -0.05) is 30.3 Å². The lowest BCUT2D eigenvalue weighted by atomic mass is 9.99.